The Labute approximate surface area is 111 Å². The molecule has 0 spiro atoms. The highest BCUT2D eigenvalue weighted by molar-refractivity contribution is 9.10. The number of carbonyl (C=O) groups is 2. The molecule has 2 fully saturated rings. The van der Waals surface area contributed by atoms with Gasteiger partial charge in [-0.25, -0.2) is 9.29 Å². The number of benzene rings is 1. The molecule has 94 valence electrons. The van der Waals surface area contributed by atoms with E-state index in [1.807, 2.05) is 0 Å². The number of ether oxygens (including phenoxy) is 1. The van der Waals surface area contributed by atoms with Crippen molar-refractivity contribution in [2.75, 3.05) is 4.90 Å². The summed E-state index contributed by atoms with van der Waals surface area (Å²) in [5.41, 5.74) is 0.367. The van der Waals surface area contributed by atoms with E-state index in [1.54, 1.807) is 0 Å². The zero-order chi connectivity index (χ0) is 12.9. The van der Waals surface area contributed by atoms with E-state index in [9.17, 15) is 14.0 Å². The number of hydrogen-bond acceptors (Lipinski definition) is 3. The number of nitrogens with zero attached hydrogens (tertiary/aromatic N) is 1. The predicted molar refractivity (Wildman–Crippen MR) is 64.5 cm³/mol. The Morgan fingerprint density at radius 2 is 1.83 bits per heavy atom. The van der Waals surface area contributed by atoms with Crippen molar-refractivity contribution in [2.24, 2.45) is 0 Å². The minimum atomic E-state index is -0.551. The molecular weight excluding hydrogens is 305 g/mol. The van der Waals surface area contributed by atoms with Gasteiger partial charge in [-0.05, 0) is 47.0 Å². The zero-order valence-electron chi connectivity index (χ0n) is 9.23. The molecule has 2 aliphatic rings. The number of fused-ring (bicyclic) bond motifs is 2. The molecule has 2 heterocycles. The summed E-state index contributed by atoms with van der Waals surface area (Å²) in [6.07, 6.45) is 0.0177. The van der Waals surface area contributed by atoms with Gasteiger partial charge in [0.2, 0.25) is 0 Å². The highest BCUT2D eigenvalue weighted by atomic mass is 79.9. The summed E-state index contributed by atoms with van der Waals surface area (Å²) in [5.74, 6) is -1.18. The monoisotopic (exact) mass is 313 g/mol. The molecule has 1 aromatic carbocycles. The Kier molecular flexibility index (Phi) is 2.71. The van der Waals surface area contributed by atoms with Crippen LogP contribution in [0, 0.1) is 5.82 Å². The van der Waals surface area contributed by atoms with Crippen LogP contribution < -0.4 is 4.90 Å². The smallest absolute Gasteiger partial charge is 0.263 e. The minimum absolute atomic E-state index is 0.367. The van der Waals surface area contributed by atoms with Gasteiger partial charge >= 0.3 is 0 Å². The maximum absolute atomic E-state index is 13.0. The molecule has 2 bridgehead atoms. The number of morpholine rings is 1. The van der Waals surface area contributed by atoms with Crippen molar-refractivity contribution in [3.8, 4) is 0 Å². The average Bonchev–Trinajstić information content (AvgIpc) is 2.76. The van der Waals surface area contributed by atoms with Crippen LogP contribution in [0.4, 0.5) is 10.1 Å². The summed E-state index contributed by atoms with van der Waals surface area (Å²) in [6.45, 7) is 0. The average molecular weight is 314 g/mol. The van der Waals surface area contributed by atoms with Crippen LogP contribution in [0.1, 0.15) is 12.8 Å². The van der Waals surface area contributed by atoms with E-state index in [0.29, 0.717) is 23.0 Å². The van der Waals surface area contributed by atoms with Crippen LogP contribution in [0.2, 0.25) is 0 Å². The standard InChI is InChI=1S/C12H9BrFNO3/c13-7-5-6(14)1-2-8(7)15-11(16)9-3-4-10(18-9)12(15)17/h1-2,5,9-10H,3-4H2. The number of rotatable bonds is 1. The highest BCUT2D eigenvalue weighted by Crippen LogP contribution is 2.35. The molecule has 6 heteroatoms. The second-order valence-electron chi connectivity index (χ2n) is 4.30. The molecule has 2 atom stereocenters. The fourth-order valence-corrected chi connectivity index (χ4v) is 2.83. The molecule has 0 saturated carbocycles. The Bertz CT molecular complexity index is 526. The molecule has 1 aromatic rings. The lowest BCUT2D eigenvalue weighted by Gasteiger charge is -2.30. The van der Waals surface area contributed by atoms with Crippen LogP contribution in [0.25, 0.3) is 0 Å². The van der Waals surface area contributed by atoms with Gasteiger partial charge in [0.1, 0.15) is 18.0 Å². The molecule has 2 amide bonds. The van der Waals surface area contributed by atoms with Gasteiger partial charge in [-0.3, -0.25) is 9.59 Å². The molecule has 18 heavy (non-hydrogen) atoms. The number of amides is 2. The first-order valence-corrected chi connectivity index (χ1v) is 6.35. The quantitative estimate of drug-likeness (QED) is 0.745. The van der Waals surface area contributed by atoms with E-state index in [1.165, 1.54) is 18.2 Å². The van der Waals surface area contributed by atoms with Crippen LogP contribution >= 0.6 is 15.9 Å². The number of halogens is 2. The fraction of sp³-hybridized carbons (Fsp3) is 0.333. The summed E-state index contributed by atoms with van der Waals surface area (Å²) in [6, 6.07) is 3.87. The summed E-state index contributed by atoms with van der Waals surface area (Å²) >= 11 is 3.17. The lowest BCUT2D eigenvalue weighted by atomic mass is 10.2. The van der Waals surface area contributed by atoms with Crippen LogP contribution in [-0.2, 0) is 14.3 Å². The molecule has 0 aromatic heterocycles. The van der Waals surface area contributed by atoms with Crippen molar-refractivity contribution in [1.29, 1.82) is 0 Å². The van der Waals surface area contributed by atoms with Gasteiger partial charge < -0.3 is 4.74 Å². The summed E-state index contributed by atoms with van der Waals surface area (Å²) in [5, 5.41) is 0. The van der Waals surface area contributed by atoms with Crippen LogP contribution in [-0.4, -0.2) is 24.0 Å². The van der Waals surface area contributed by atoms with Gasteiger partial charge in [0, 0.05) is 4.47 Å². The van der Waals surface area contributed by atoms with Gasteiger partial charge in [-0.15, -0.1) is 0 Å². The van der Waals surface area contributed by atoms with Crippen LogP contribution in [0.3, 0.4) is 0 Å². The molecule has 0 aliphatic carbocycles. The number of imide groups is 1. The lowest BCUT2D eigenvalue weighted by molar-refractivity contribution is -0.146. The molecule has 0 radical (unpaired) electrons. The summed E-state index contributed by atoms with van der Waals surface area (Å²) in [7, 11) is 0. The van der Waals surface area contributed by atoms with Crippen LogP contribution in [0.15, 0.2) is 22.7 Å². The van der Waals surface area contributed by atoms with Crippen molar-refractivity contribution in [1.82, 2.24) is 0 Å². The molecule has 0 N–H and O–H groups in total. The fourth-order valence-electron chi connectivity index (χ4n) is 2.30. The number of carbonyl (C=O) groups excluding carboxylic acids is 2. The molecule has 3 rings (SSSR count). The van der Waals surface area contributed by atoms with Crippen molar-refractivity contribution in [3.63, 3.8) is 0 Å². The molecule has 2 saturated heterocycles. The van der Waals surface area contributed by atoms with E-state index < -0.39 is 18.0 Å². The third kappa shape index (κ3) is 1.67. The number of anilines is 1. The maximum atomic E-state index is 13.0. The molecule has 4 nitrogen and oxygen atoms in total. The van der Waals surface area contributed by atoms with Crippen molar-refractivity contribution < 1.29 is 18.7 Å². The van der Waals surface area contributed by atoms with E-state index in [2.05, 4.69) is 15.9 Å². The zero-order valence-corrected chi connectivity index (χ0v) is 10.8. The van der Waals surface area contributed by atoms with E-state index in [-0.39, 0.29) is 11.8 Å². The molecule has 2 unspecified atom stereocenters. The third-order valence-corrected chi connectivity index (χ3v) is 3.80. The SMILES string of the molecule is O=C1C2CCC(O2)C(=O)N1c1ccc(F)cc1Br. The topological polar surface area (TPSA) is 46.6 Å². The van der Waals surface area contributed by atoms with E-state index >= 15 is 0 Å². The van der Waals surface area contributed by atoms with Crippen molar-refractivity contribution in [2.45, 2.75) is 25.0 Å². The first kappa shape index (κ1) is 11.8. The van der Waals surface area contributed by atoms with Gasteiger partial charge in [0.15, 0.2) is 0 Å². The highest BCUT2D eigenvalue weighted by Gasteiger charge is 2.47. The lowest BCUT2D eigenvalue weighted by Crippen LogP contribution is -2.52. The molecular formula is C12H9BrFNO3. The van der Waals surface area contributed by atoms with E-state index in [4.69, 9.17) is 4.74 Å². The number of hydrogen-bond donors (Lipinski definition) is 0. The van der Waals surface area contributed by atoms with E-state index in [0.717, 1.165) is 4.90 Å². The Morgan fingerprint density at radius 3 is 2.39 bits per heavy atom. The predicted octanol–water partition coefficient (Wildman–Crippen LogP) is 2.01. The van der Waals surface area contributed by atoms with Crippen LogP contribution in [0.5, 0.6) is 0 Å². The largest absolute Gasteiger partial charge is 0.355 e. The maximum Gasteiger partial charge on any atom is 0.263 e. The van der Waals surface area contributed by atoms with Gasteiger partial charge in [0.25, 0.3) is 11.8 Å². The van der Waals surface area contributed by atoms with Gasteiger partial charge in [0.05, 0.1) is 5.69 Å². The first-order chi connectivity index (χ1) is 8.58. The van der Waals surface area contributed by atoms with Gasteiger partial charge in [-0.2, -0.15) is 0 Å². The first-order valence-electron chi connectivity index (χ1n) is 5.56. The van der Waals surface area contributed by atoms with Crippen molar-refractivity contribution >= 4 is 33.4 Å². The summed E-state index contributed by atoms with van der Waals surface area (Å²) < 4.78 is 18.7. The normalized spacial score (nSPS) is 26.9. The third-order valence-electron chi connectivity index (χ3n) is 3.16. The second kappa shape index (κ2) is 4.13. The Balaban J connectivity index is 2.05. The van der Waals surface area contributed by atoms with Crippen molar-refractivity contribution in [3.05, 3.63) is 28.5 Å². The Morgan fingerprint density at radius 1 is 1.22 bits per heavy atom. The summed E-state index contributed by atoms with van der Waals surface area (Å²) in [4.78, 5) is 25.3. The molecule has 2 aliphatic heterocycles. The van der Waals surface area contributed by atoms with Gasteiger partial charge in [-0.1, -0.05) is 0 Å². The second-order valence-corrected chi connectivity index (χ2v) is 5.15. The Hall–Kier alpha value is -1.27. The minimum Gasteiger partial charge on any atom is -0.355 e.